The van der Waals surface area contributed by atoms with Crippen LogP contribution < -0.4 is 0 Å². The fraction of sp³-hybridized carbons (Fsp3) is 0.667. The molecule has 2 rings (SSSR count). The van der Waals surface area contributed by atoms with Crippen LogP contribution in [0.3, 0.4) is 0 Å². The molecule has 1 aliphatic rings. The van der Waals surface area contributed by atoms with Crippen LogP contribution in [0, 0.1) is 11.8 Å². The van der Waals surface area contributed by atoms with Crippen molar-refractivity contribution in [1.29, 1.82) is 0 Å². The van der Waals surface area contributed by atoms with E-state index in [-0.39, 0.29) is 6.04 Å². The second kappa shape index (κ2) is 6.87. The highest BCUT2D eigenvalue weighted by molar-refractivity contribution is 4.99. The molecule has 1 fully saturated rings. The van der Waals surface area contributed by atoms with E-state index >= 15 is 0 Å². The zero-order chi connectivity index (χ0) is 14.5. The van der Waals surface area contributed by atoms with Crippen LogP contribution in [0.15, 0.2) is 12.4 Å². The fourth-order valence-electron chi connectivity index (χ4n) is 2.67. The summed E-state index contributed by atoms with van der Waals surface area (Å²) in [6, 6.07) is 0.241. The monoisotopic (exact) mass is 278 g/mol. The Morgan fingerprint density at radius 2 is 2.35 bits per heavy atom. The molecule has 2 heterocycles. The molecule has 0 unspecified atom stereocenters. The van der Waals surface area contributed by atoms with E-state index in [9.17, 15) is 4.39 Å². The van der Waals surface area contributed by atoms with Gasteiger partial charge in [-0.3, -0.25) is 9.80 Å². The molecule has 0 aromatic carbocycles. The molecule has 2 atom stereocenters. The van der Waals surface area contributed by atoms with E-state index in [4.69, 9.17) is 0 Å². The summed E-state index contributed by atoms with van der Waals surface area (Å²) in [5.41, 5.74) is 0. The van der Waals surface area contributed by atoms with Crippen LogP contribution in [0.4, 0.5) is 4.39 Å². The number of likely N-dealkylation sites (tertiary alicyclic amines) is 1. The van der Waals surface area contributed by atoms with Gasteiger partial charge in [0.2, 0.25) is 0 Å². The standard InChI is InChI=1S/C15H23FN4/c1-4-5-7-18(2)11-14-9-13(16)10-20(14)12-15-17-6-8-19(15)3/h6,8,13-14H,7,9-12H2,1-3H3/t13-,14-/m0/s1. The first-order valence-electron chi connectivity index (χ1n) is 7.02. The quantitative estimate of drug-likeness (QED) is 0.759. The lowest BCUT2D eigenvalue weighted by Crippen LogP contribution is -2.39. The number of rotatable bonds is 5. The molecule has 0 N–H and O–H groups in total. The van der Waals surface area contributed by atoms with Gasteiger partial charge in [0.05, 0.1) is 13.1 Å². The maximum Gasteiger partial charge on any atom is 0.122 e. The van der Waals surface area contributed by atoms with Gasteiger partial charge in [-0.1, -0.05) is 5.92 Å². The molecule has 4 nitrogen and oxygen atoms in total. The van der Waals surface area contributed by atoms with Crippen molar-refractivity contribution >= 4 is 0 Å². The Bertz CT molecular complexity index is 488. The van der Waals surface area contributed by atoms with E-state index in [1.807, 2.05) is 31.8 Å². The molecule has 5 heteroatoms. The maximum absolute atomic E-state index is 13.7. The molecular formula is C15H23FN4. The molecule has 0 bridgehead atoms. The number of alkyl halides is 1. The van der Waals surface area contributed by atoms with Crippen molar-refractivity contribution in [2.75, 3.05) is 26.7 Å². The Kier molecular flexibility index (Phi) is 5.16. The van der Waals surface area contributed by atoms with Crippen LogP contribution in [0.2, 0.25) is 0 Å². The minimum Gasteiger partial charge on any atom is -0.337 e. The van der Waals surface area contributed by atoms with Crippen LogP contribution in [0.25, 0.3) is 0 Å². The third kappa shape index (κ3) is 3.81. The number of imidazole rings is 1. The van der Waals surface area contributed by atoms with Crippen LogP contribution in [0.1, 0.15) is 19.2 Å². The van der Waals surface area contributed by atoms with Crippen LogP contribution in [-0.4, -0.2) is 58.2 Å². The van der Waals surface area contributed by atoms with Crippen LogP contribution in [-0.2, 0) is 13.6 Å². The van der Waals surface area contributed by atoms with Gasteiger partial charge < -0.3 is 4.57 Å². The lowest BCUT2D eigenvalue weighted by Gasteiger charge is -2.27. The summed E-state index contributed by atoms with van der Waals surface area (Å²) in [5.74, 6) is 6.93. The number of likely N-dealkylation sites (N-methyl/N-ethyl adjacent to an activating group) is 1. The van der Waals surface area contributed by atoms with Crippen LogP contribution >= 0.6 is 0 Å². The Labute approximate surface area is 120 Å². The van der Waals surface area contributed by atoms with Crippen molar-refractivity contribution in [2.45, 2.75) is 32.1 Å². The van der Waals surface area contributed by atoms with Gasteiger partial charge in [0.15, 0.2) is 0 Å². The summed E-state index contributed by atoms with van der Waals surface area (Å²) in [7, 11) is 4.01. The number of aromatic nitrogens is 2. The Balaban J connectivity index is 1.95. The maximum atomic E-state index is 13.7. The third-order valence-electron chi connectivity index (χ3n) is 3.79. The van der Waals surface area contributed by atoms with Crippen LogP contribution in [0.5, 0.6) is 0 Å². The van der Waals surface area contributed by atoms with Crippen molar-refractivity contribution in [1.82, 2.24) is 19.4 Å². The number of hydrogen-bond acceptors (Lipinski definition) is 3. The highest BCUT2D eigenvalue weighted by Crippen LogP contribution is 2.22. The minimum absolute atomic E-state index is 0.241. The first-order valence-corrected chi connectivity index (χ1v) is 7.02. The lowest BCUT2D eigenvalue weighted by molar-refractivity contribution is 0.187. The SMILES string of the molecule is CC#CCN(C)C[C@@H]1C[C@H](F)CN1Cc1nccn1C. The summed E-state index contributed by atoms with van der Waals surface area (Å²) in [5, 5.41) is 0. The number of hydrogen-bond donors (Lipinski definition) is 0. The molecular weight excluding hydrogens is 255 g/mol. The van der Waals surface area contributed by atoms with E-state index in [0.29, 0.717) is 19.5 Å². The second-order valence-corrected chi connectivity index (χ2v) is 5.49. The summed E-state index contributed by atoms with van der Waals surface area (Å²) in [4.78, 5) is 8.69. The molecule has 0 saturated carbocycles. The third-order valence-corrected chi connectivity index (χ3v) is 3.79. The van der Waals surface area contributed by atoms with Crippen molar-refractivity contribution in [3.63, 3.8) is 0 Å². The van der Waals surface area contributed by atoms with Crippen molar-refractivity contribution in [2.24, 2.45) is 7.05 Å². The molecule has 110 valence electrons. The van der Waals surface area contributed by atoms with Gasteiger partial charge in [0.25, 0.3) is 0 Å². The zero-order valence-electron chi connectivity index (χ0n) is 12.5. The lowest BCUT2D eigenvalue weighted by atomic mass is 10.2. The predicted molar refractivity (Wildman–Crippen MR) is 77.9 cm³/mol. The fourth-order valence-corrected chi connectivity index (χ4v) is 2.67. The van der Waals surface area contributed by atoms with Crippen molar-refractivity contribution in [3.05, 3.63) is 18.2 Å². The van der Waals surface area contributed by atoms with Gasteiger partial charge >= 0.3 is 0 Å². The van der Waals surface area contributed by atoms with E-state index in [1.54, 1.807) is 6.20 Å². The Hall–Kier alpha value is -1.38. The van der Waals surface area contributed by atoms with Gasteiger partial charge in [0, 0.05) is 38.6 Å². The highest BCUT2D eigenvalue weighted by Gasteiger charge is 2.33. The normalized spacial score (nSPS) is 23.1. The Morgan fingerprint density at radius 1 is 1.55 bits per heavy atom. The second-order valence-electron chi connectivity index (χ2n) is 5.49. The van der Waals surface area contributed by atoms with E-state index in [0.717, 1.165) is 18.9 Å². The van der Waals surface area contributed by atoms with Crippen molar-refractivity contribution < 1.29 is 4.39 Å². The molecule has 0 spiro atoms. The van der Waals surface area contributed by atoms with Crippen molar-refractivity contribution in [3.8, 4) is 11.8 Å². The molecule has 1 saturated heterocycles. The summed E-state index contributed by atoms with van der Waals surface area (Å²) in [6.07, 6.45) is 3.59. The number of aryl methyl sites for hydroxylation is 1. The predicted octanol–water partition coefficient (Wildman–Crippen LogP) is 1.29. The number of halogens is 1. The summed E-state index contributed by atoms with van der Waals surface area (Å²) >= 11 is 0. The summed E-state index contributed by atoms with van der Waals surface area (Å²) < 4.78 is 15.7. The molecule has 0 aliphatic carbocycles. The zero-order valence-corrected chi connectivity index (χ0v) is 12.5. The molecule has 1 aromatic rings. The first-order chi connectivity index (χ1) is 9.60. The highest BCUT2D eigenvalue weighted by atomic mass is 19.1. The number of nitrogens with zero attached hydrogens (tertiary/aromatic N) is 4. The minimum atomic E-state index is -0.731. The van der Waals surface area contributed by atoms with Gasteiger partial charge in [-0.25, -0.2) is 9.37 Å². The average Bonchev–Trinajstić information content (AvgIpc) is 2.95. The van der Waals surface area contributed by atoms with E-state index in [1.165, 1.54) is 0 Å². The first kappa shape index (κ1) is 15.0. The largest absolute Gasteiger partial charge is 0.337 e. The van der Waals surface area contributed by atoms with E-state index < -0.39 is 6.17 Å². The average molecular weight is 278 g/mol. The van der Waals surface area contributed by atoms with Gasteiger partial charge in [0.1, 0.15) is 12.0 Å². The molecule has 1 aliphatic heterocycles. The topological polar surface area (TPSA) is 24.3 Å². The molecule has 1 aromatic heterocycles. The summed E-state index contributed by atoms with van der Waals surface area (Å²) in [6.45, 7) is 4.64. The Morgan fingerprint density at radius 3 is 3.00 bits per heavy atom. The smallest absolute Gasteiger partial charge is 0.122 e. The van der Waals surface area contributed by atoms with Gasteiger partial charge in [-0.15, -0.1) is 5.92 Å². The molecule has 0 radical (unpaired) electrons. The molecule has 20 heavy (non-hydrogen) atoms. The van der Waals surface area contributed by atoms with E-state index in [2.05, 4.69) is 26.6 Å². The van der Waals surface area contributed by atoms with Gasteiger partial charge in [-0.2, -0.15) is 0 Å². The molecule has 0 amide bonds. The van der Waals surface area contributed by atoms with Gasteiger partial charge in [-0.05, 0) is 20.4 Å².